The highest BCUT2D eigenvalue weighted by Crippen LogP contribution is 2.41. The summed E-state index contributed by atoms with van der Waals surface area (Å²) in [6.07, 6.45) is -4.19. The van der Waals surface area contributed by atoms with Crippen molar-refractivity contribution in [1.82, 2.24) is 15.0 Å². The topological polar surface area (TPSA) is 122 Å². The average molecular weight is 536 g/mol. The van der Waals surface area contributed by atoms with Gasteiger partial charge in [0, 0.05) is 18.1 Å². The number of aliphatic carboxylic acids is 1. The fourth-order valence-corrected chi connectivity index (χ4v) is 4.57. The van der Waals surface area contributed by atoms with Gasteiger partial charge in [0.25, 0.3) is 0 Å². The number of halogens is 3. The third-order valence-electron chi connectivity index (χ3n) is 6.06. The highest BCUT2D eigenvalue weighted by molar-refractivity contribution is 6.31. The molecule has 0 bridgehead atoms. The van der Waals surface area contributed by atoms with Crippen molar-refractivity contribution in [3.8, 4) is 11.3 Å². The van der Waals surface area contributed by atoms with Crippen molar-refractivity contribution in [3.63, 3.8) is 0 Å². The van der Waals surface area contributed by atoms with Gasteiger partial charge in [0.1, 0.15) is 40.6 Å². The Morgan fingerprint density at radius 2 is 1.86 bits per heavy atom. The third-order valence-corrected chi connectivity index (χ3v) is 6.43. The monoisotopic (exact) mass is 535 g/mol. The summed E-state index contributed by atoms with van der Waals surface area (Å²) in [4.78, 5) is 24.0. The zero-order valence-electron chi connectivity index (χ0n) is 19.2. The summed E-state index contributed by atoms with van der Waals surface area (Å²) in [5, 5.41) is 17.2. The first-order chi connectivity index (χ1) is 17.7. The van der Waals surface area contributed by atoms with Gasteiger partial charge >= 0.3 is 11.9 Å². The molecule has 13 heteroatoms. The number of fused-ring (bicyclic) bond motifs is 1. The molecular weight excluding hydrogens is 516 g/mol. The van der Waals surface area contributed by atoms with Gasteiger partial charge in [0.2, 0.25) is 0 Å². The predicted molar refractivity (Wildman–Crippen MR) is 121 cm³/mol. The maximum Gasteiger partial charge on any atom is 0.336 e. The number of aromatic nitrogens is 3. The summed E-state index contributed by atoms with van der Waals surface area (Å²) >= 11 is 5.58. The van der Waals surface area contributed by atoms with Crippen LogP contribution in [0.5, 0.6) is 0 Å². The fourth-order valence-electron chi connectivity index (χ4n) is 4.46. The quantitative estimate of drug-likeness (QED) is 0.387. The van der Waals surface area contributed by atoms with Crippen molar-refractivity contribution in [3.05, 3.63) is 70.9 Å². The van der Waals surface area contributed by atoms with Crippen LogP contribution in [-0.4, -0.2) is 63.1 Å². The lowest BCUT2D eigenvalue weighted by Gasteiger charge is -2.47. The molecule has 2 fully saturated rings. The maximum absolute atomic E-state index is 14.1. The lowest BCUT2D eigenvalue weighted by molar-refractivity contribution is -0.315. The summed E-state index contributed by atoms with van der Waals surface area (Å²) < 4.78 is 52.5. The Balaban J connectivity index is 1.56. The molecule has 2 aliphatic heterocycles. The second kappa shape index (κ2) is 10.1. The molecule has 5 rings (SSSR count). The molecule has 6 atom stereocenters. The number of carboxylic acid groups (broad SMARTS) is 1. The van der Waals surface area contributed by atoms with Gasteiger partial charge in [-0.2, -0.15) is 0 Å². The molecule has 2 saturated heterocycles. The first-order valence-corrected chi connectivity index (χ1v) is 11.5. The summed E-state index contributed by atoms with van der Waals surface area (Å²) in [6.45, 7) is 1.11. The molecule has 37 heavy (non-hydrogen) atoms. The normalized spacial score (nSPS) is 27.4. The molecule has 2 aromatic carbocycles. The van der Waals surface area contributed by atoms with Crippen LogP contribution in [0.1, 0.15) is 24.8 Å². The van der Waals surface area contributed by atoms with E-state index in [4.69, 9.17) is 30.5 Å². The van der Waals surface area contributed by atoms with E-state index in [0.717, 1.165) is 19.1 Å². The number of hydrogen-bond donors (Lipinski definition) is 1. The van der Waals surface area contributed by atoms with Gasteiger partial charge in [-0.3, -0.25) is 4.79 Å². The van der Waals surface area contributed by atoms with E-state index < -0.39 is 65.3 Å². The van der Waals surface area contributed by atoms with Crippen LogP contribution in [0.25, 0.3) is 11.3 Å². The lowest BCUT2D eigenvalue weighted by Crippen LogP contribution is -2.62. The molecule has 3 aromatic rings. The van der Waals surface area contributed by atoms with Gasteiger partial charge in [-0.05, 0) is 12.1 Å². The fraction of sp³-hybridized carbons (Fsp3) is 0.333. The van der Waals surface area contributed by atoms with Crippen LogP contribution < -0.4 is 0 Å². The number of carbonyl (C=O) groups is 2. The van der Waals surface area contributed by atoms with Crippen LogP contribution in [0.15, 0.2) is 48.7 Å². The van der Waals surface area contributed by atoms with Gasteiger partial charge < -0.3 is 24.1 Å². The van der Waals surface area contributed by atoms with Crippen LogP contribution in [-0.2, 0) is 28.5 Å². The highest BCUT2D eigenvalue weighted by atomic mass is 35.5. The van der Waals surface area contributed by atoms with Gasteiger partial charge in [0.15, 0.2) is 18.5 Å². The Kier molecular flexibility index (Phi) is 6.90. The summed E-state index contributed by atoms with van der Waals surface area (Å²) in [5.74, 6) is -4.10. The van der Waals surface area contributed by atoms with E-state index >= 15 is 0 Å². The predicted octanol–water partition coefficient (Wildman–Crippen LogP) is 3.32. The molecule has 1 N–H and O–H groups in total. The van der Waals surface area contributed by atoms with Gasteiger partial charge in [0.05, 0.1) is 12.8 Å². The Labute approximate surface area is 213 Å². The van der Waals surface area contributed by atoms with Crippen molar-refractivity contribution >= 4 is 23.5 Å². The zero-order valence-corrected chi connectivity index (χ0v) is 19.9. The number of carboxylic acids is 1. The summed E-state index contributed by atoms with van der Waals surface area (Å²) in [7, 11) is 0. The molecule has 2 aliphatic rings. The van der Waals surface area contributed by atoms with Crippen molar-refractivity contribution in [2.45, 2.75) is 43.7 Å². The molecule has 194 valence electrons. The minimum Gasteiger partial charge on any atom is -0.479 e. The Morgan fingerprint density at radius 1 is 1.16 bits per heavy atom. The number of esters is 1. The van der Waals surface area contributed by atoms with Crippen LogP contribution >= 0.6 is 11.6 Å². The van der Waals surface area contributed by atoms with Gasteiger partial charge in [-0.15, -0.1) is 5.10 Å². The zero-order chi connectivity index (χ0) is 26.3. The molecule has 10 nitrogen and oxygen atoms in total. The largest absolute Gasteiger partial charge is 0.479 e. The lowest BCUT2D eigenvalue weighted by atomic mass is 9.91. The van der Waals surface area contributed by atoms with Crippen molar-refractivity contribution in [2.75, 3.05) is 6.61 Å². The van der Waals surface area contributed by atoms with Crippen molar-refractivity contribution in [2.24, 2.45) is 0 Å². The number of benzene rings is 2. The molecular formula is C24H20ClF2N3O7. The first-order valence-electron chi connectivity index (χ1n) is 11.2. The molecule has 0 saturated carbocycles. The summed E-state index contributed by atoms with van der Waals surface area (Å²) in [5.41, 5.74) is 0.816. The van der Waals surface area contributed by atoms with E-state index in [9.17, 15) is 23.5 Å². The van der Waals surface area contributed by atoms with Crippen LogP contribution in [0, 0.1) is 11.6 Å². The van der Waals surface area contributed by atoms with E-state index in [1.807, 2.05) is 6.07 Å². The average Bonchev–Trinajstić information content (AvgIpc) is 3.36. The van der Waals surface area contributed by atoms with Gasteiger partial charge in [-0.1, -0.05) is 47.1 Å². The van der Waals surface area contributed by atoms with E-state index in [1.54, 1.807) is 24.3 Å². The minimum absolute atomic E-state index is 0.0214. The molecule has 1 aromatic heterocycles. The molecule has 3 heterocycles. The van der Waals surface area contributed by atoms with Crippen LogP contribution in [0.2, 0.25) is 5.02 Å². The molecule has 0 radical (unpaired) electrons. The Bertz CT molecular complexity index is 1300. The minimum atomic E-state index is -1.58. The van der Waals surface area contributed by atoms with Crippen molar-refractivity contribution < 1.29 is 42.4 Å². The summed E-state index contributed by atoms with van der Waals surface area (Å²) in [6, 6.07) is 9.98. The van der Waals surface area contributed by atoms with Crippen LogP contribution in [0.4, 0.5) is 8.78 Å². The molecule has 0 unspecified atom stereocenters. The molecule has 0 spiro atoms. The second-order valence-corrected chi connectivity index (χ2v) is 8.89. The van der Waals surface area contributed by atoms with E-state index in [2.05, 4.69) is 10.3 Å². The molecule has 0 aliphatic carbocycles. The number of nitrogens with zero attached hydrogens (tertiary/aromatic N) is 3. The van der Waals surface area contributed by atoms with Crippen LogP contribution in [0.3, 0.4) is 0 Å². The van der Waals surface area contributed by atoms with E-state index in [1.165, 1.54) is 10.9 Å². The Morgan fingerprint density at radius 3 is 2.51 bits per heavy atom. The number of ether oxygens (including phenoxy) is 4. The highest BCUT2D eigenvalue weighted by Gasteiger charge is 2.55. The first kappa shape index (κ1) is 25.2. The number of rotatable bonds is 5. The maximum atomic E-state index is 14.1. The number of carbonyl (C=O) groups excluding carboxylic acids is 1. The van der Waals surface area contributed by atoms with E-state index in [0.29, 0.717) is 5.56 Å². The third kappa shape index (κ3) is 4.92. The van der Waals surface area contributed by atoms with Crippen molar-refractivity contribution in [1.29, 1.82) is 0 Å². The SMILES string of the molecule is CC(=O)O[C@@H]1[C@@H](n2cc(-c3cc(F)c(Cl)c(F)c3)nn2)[C@H]2O[C@@H](c3ccccc3)OC[C@H]2O[C@H]1C(=O)O. The molecule has 0 amide bonds. The van der Waals surface area contributed by atoms with E-state index in [-0.39, 0.29) is 17.9 Å². The van der Waals surface area contributed by atoms with Gasteiger partial charge in [-0.25, -0.2) is 18.3 Å². The number of hydrogen-bond acceptors (Lipinski definition) is 8. The Hall–Kier alpha value is -3.45. The smallest absolute Gasteiger partial charge is 0.336 e. The standard InChI is InChI=1S/C24H20ClF2N3O7/c1-11(31)35-21-19(30-9-16(28-29-30)13-7-14(26)18(25)15(27)8-13)20-17(36-22(21)23(32)33)10-34-24(37-20)12-5-3-2-4-6-12/h2-9,17,19-22,24H,10H2,1H3,(H,32,33)/t17-,19+,20+,21-,22-,24+/m1/s1. The second-order valence-electron chi connectivity index (χ2n) is 8.51.